The van der Waals surface area contributed by atoms with E-state index in [2.05, 4.69) is 24.5 Å². The predicted molar refractivity (Wildman–Crippen MR) is 75.1 cm³/mol. The summed E-state index contributed by atoms with van der Waals surface area (Å²) in [6.07, 6.45) is 3.04. The summed E-state index contributed by atoms with van der Waals surface area (Å²) in [5, 5.41) is 6.47. The molecule has 1 aliphatic rings. The Kier molecular flexibility index (Phi) is 8.02. The molecule has 0 aromatic carbocycles. The van der Waals surface area contributed by atoms with Crippen molar-refractivity contribution in [2.24, 2.45) is 5.92 Å². The molecule has 2 N–H and O–H groups in total. The summed E-state index contributed by atoms with van der Waals surface area (Å²) in [7, 11) is 1.67. The lowest BCUT2D eigenvalue weighted by molar-refractivity contribution is -0.126. The number of hydrogen-bond donors (Lipinski definition) is 2. The molecule has 3 atom stereocenters. The first-order chi connectivity index (χ1) is 9.22. The van der Waals surface area contributed by atoms with Crippen molar-refractivity contribution in [3.63, 3.8) is 0 Å². The largest absolute Gasteiger partial charge is 0.383 e. The molecule has 0 aromatic heterocycles. The third-order valence-corrected chi connectivity index (χ3v) is 3.43. The van der Waals surface area contributed by atoms with Gasteiger partial charge in [-0.15, -0.1) is 0 Å². The molecule has 5 heteroatoms. The van der Waals surface area contributed by atoms with E-state index in [1.54, 1.807) is 7.11 Å². The summed E-state index contributed by atoms with van der Waals surface area (Å²) in [5.41, 5.74) is 0. The first kappa shape index (κ1) is 16.4. The van der Waals surface area contributed by atoms with Crippen LogP contribution in [-0.2, 0) is 14.3 Å². The molecule has 0 bridgehead atoms. The number of ether oxygens (including phenoxy) is 2. The van der Waals surface area contributed by atoms with Crippen LogP contribution < -0.4 is 10.6 Å². The van der Waals surface area contributed by atoms with E-state index in [1.807, 2.05) is 0 Å². The molecule has 0 radical (unpaired) electrons. The van der Waals surface area contributed by atoms with Crippen LogP contribution in [0.5, 0.6) is 0 Å². The standard InChI is InChI=1S/C14H28N2O3/c1-4-6-11(8-18-3)16-14(17)12-9-19-10-13(12)15-7-5-2/h11-13,15H,4-10H2,1-3H3,(H,16,17). The highest BCUT2D eigenvalue weighted by atomic mass is 16.5. The van der Waals surface area contributed by atoms with Crippen LogP contribution in [0.2, 0.25) is 0 Å². The summed E-state index contributed by atoms with van der Waals surface area (Å²) in [4.78, 5) is 12.3. The highest BCUT2D eigenvalue weighted by Gasteiger charge is 2.34. The molecular weight excluding hydrogens is 244 g/mol. The maximum atomic E-state index is 12.3. The molecule has 1 saturated heterocycles. The van der Waals surface area contributed by atoms with Crippen LogP contribution in [-0.4, -0.2) is 51.5 Å². The zero-order chi connectivity index (χ0) is 14.1. The first-order valence-corrected chi connectivity index (χ1v) is 7.33. The van der Waals surface area contributed by atoms with Crippen molar-refractivity contribution in [1.82, 2.24) is 10.6 Å². The van der Waals surface area contributed by atoms with Gasteiger partial charge in [0.05, 0.1) is 31.8 Å². The van der Waals surface area contributed by atoms with E-state index in [-0.39, 0.29) is 23.9 Å². The fourth-order valence-electron chi connectivity index (χ4n) is 2.40. The van der Waals surface area contributed by atoms with E-state index in [1.165, 1.54) is 0 Å². The van der Waals surface area contributed by atoms with Crippen LogP contribution >= 0.6 is 0 Å². The maximum absolute atomic E-state index is 12.3. The Labute approximate surface area is 116 Å². The number of carbonyl (C=O) groups excluding carboxylic acids is 1. The fourth-order valence-corrected chi connectivity index (χ4v) is 2.40. The van der Waals surface area contributed by atoms with Gasteiger partial charge in [-0.2, -0.15) is 0 Å². The van der Waals surface area contributed by atoms with Crippen molar-refractivity contribution >= 4 is 5.91 Å². The van der Waals surface area contributed by atoms with Gasteiger partial charge in [0, 0.05) is 13.2 Å². The van der Waals surface area contributed by atoms with Crippen LogP contribution in [0.25, 0.3) is 0 Å². The molecule has 3 unspecified atom stereocenters. The second-order valence-corrected chi connectivity index (χ2v) is 5.15. The van der Waals surface area contributed by atoms with Gasteiger partial charge in [0.1, 0.15) is 0 Å². The SMILES string of the molecule is CCCNC1COCC1C(=O)NC(CCC)COC. The Hall–Kier alpha value is -0.650. The predicted octanol–water partition coefficient (Wildman–Crippen LogP) is 0.932. The number of hydrogen-bond acceptors (Lipinski definition) is 4. The van der Waals surface area contributed by atoms with Crippen LogP contribution in [0.15, 0.2) is 0 Å². The second-order valence-electron chi connectivity index (χ2n) is 5.15. The van der Waals surface area contributed by atoms with E-state index >= 15 is 0 Å². The van der Waals surface area contributed by atoms with Crippen molar-refractivity contribution in [3.05, 3.63) is 0 Å². The Morgan fingerprint density at radius 2 is 2.16 bits per heavy atom. The van der Waals surface area contributed by atoms with Crippen molar-refractivity contribution < 1.29 is 14.3 Å². The number of rotatable bonds is 9. The average Bonchev–Trinajstić information content (AvgIpc) is 2.85. The minimum atomic E-state index is -0.0808. The van der Waals surface area contributed by atoms with Crippen LogP contribution in [0.1, 0.15) is 33.1 Å². The van der Waals surface area contributed by atoms with Crippen LogP contribution in [0.3, 0.4) is 0 Å². The maximum Gasteiger partial charge on any atom is 0.227 e. The molecule has 1 aliphatic heterocycles. The fraction of sp³-hybridized carbons (Fsp3) is 0.929. The Morgan fingerprint density at radius 1 is 1.37 bits per heavy atom. The highest BCUT2D eigenvalue weighted by molar-refractivity contribution is 5.80. The zero-order valence-corrected chi connectivity index (χ0v) is 12.4. The Morgan fingerprint density at radius 3 is 2.79 bits per heavy atom. The number of methoxy groups -OCH3 is 1. The topological polar surface area (TPSA) is 59.6 Å². The summed E-state index contributed by atoms with van der Waals surface area (Å²) in [5.74, 6) is 0.00404. The summed E-state index contributed by atoms with van der Waals surface area (Å²) >= 11 is 0. The quantitative estimate of drug-likeness (QED) is 0.655. The van der Waals surface area contributed by atoms with Crippen molar-refractivity contribution in [2.45, 2.75) is 45.2 Å². The summed E-state index contributed by atoms with van der Waals surface area (Å²) in [6, 6.07) is 0.250. The van der Waals surface area contributed by atoms with E-state index in [0.717, 1.165) is 25.8 Å². The van der Waals surface area contributed by atoms with Gasteiger partial charge in [-0.05, 0) is 19.4 Å². The van der Waals surface area contributed by atoms with E-state index in [0.29, 0.717) is 19.8 Å². The highest BCUT2D eigenvalue weighted by Crippen LogP contribution is 2.14. The molecule has 1 heterocycles. The smallest absolute Gasteiger partial charge is 0.227 e. The first-order valence-electron chi connectivity index (χ1n) is 7.33. The van der Waals surface area contributed by atoms with E-state index in [9.17, 15) is 4.79 Å². The van der Waals surface area contributed by atoms with Gasteiger partial charge in [0.15, 0.2) is 0 Å². The molecule has 19 heavy (non-hydrogen) atoms. The van der Waals surface area contributed by atoms with Gasteiger partial charge < -0.3 is 20.1 Å². The third-order valence-electron chi connectivity index (χ3n) is 3.43. The second kappa shape index (κ2) is 9.28. The summed E-state index contributed by atoms with van der Waals surface area (Å²) < 4.78 is 10.6. The van der Waals surface area contributed by atoms with Gasteiger partial charge in [0.2, 0.25) is 5.91 Å². The Balaban J connectivity index is 2.45. The average molecular weight is 272 g/mol. The monoisotopic (exact) mass is 272 g/mol. The lowest BCUT2D eigenvalue weighted by Crippen LogP contribution is -2.48. The molecule has 0 aliphatic carbocycles. The van der Waals surface area contributed by atoms with E-state index in [4.69, 9.17) is 9.47 Å². The van der Waals surface area contributed by atoms with Crippen molar-refractivity contribution in [3.8, 4) is 0 Å². The molecule has 0 saturated carbocycles. The lowest BCUT2D eigenvalue weighted by atomic mass is 10.0. The van der Waals surface area contributed by atoms with Crippen LogP contribution in [0, 0.1) is 5.92 Å². The van der Waals surface area contributed by atoms with Crippen molar-refractivity contribution in [1.29, 1.82) is 0 Å². The molecular formula is C14H28N2O3. The van der Waals surface area contributed by atoms with Gasteiger partial charge in [0.25, 0.3) is 0 Å². The summed E-state index contributed by atoms with van der Waals surface area (Å²) in [6.45, 7) is 6.86. The molecule has 0 aromatic rings. The molecule has 5 nitrogen and oxygen atoms in total. The molecule has 1 amide bonds. The lowest BCUT2D eigenvalue weighted by Gasteiger charge is -2.22. The van der Waals surface area contributed by atoms with E-state index < -0.39 is 0 Å². The molecule has 1 fully saturated rings. The third kappa shape index (κ3) is 5.47. The van der Waals surface area contributed by atoms with Gasteiger partial charge in [-0.25, -0.2) is 0 Å². The molecule has 1 rings (SSSR count). The van der Waals surface area contributed by atoms with Crippen LogP contribution in [0.4, 0.5) is 0 Å². The Bertz CT molecular complexity index is 255. The van der Waals surface area contributed by atoms with Gasteiger partial charge in [-0.3, -0.25) is 4.79 Å². The number of nitrogens with one attached hydrogen (secondary N) is 2. The van der Waals surface area contributed by atoms with Gasteiger partial charge >= 0.3 is 0 Å². The normalized spacial score (nSPS) is 24.4. The van der Waals surface area contributed by atoms with Crippen molar-refractivity contribution in [2.75, 3.05) is 33.5 Å². The minimum absolute atomic E-state index is 0.0808. The molecule has 0 spiro atoms. The molecule has 112 valence electrons. The number of amides is 1. The minimum Gasteiger partial charge on any atom is -0.383 e. The van der Waals surface area contributed by atoms with Gasteiger partial charge in [-0.1, -0.05) is 20.3 Å². The number of carbonyl (C=O) groups is 1. The zero-order valence-electron chi connectivity index (χ0n) is 12.4.